The van der Waals surface area contributed by atoms with Crippen molar-refractivity contribution < 1.29 is 4.79 Å². The number of hydrogen-bond donors (Lipinski definition) is 0. The summed E-state index contributed by atoms with van der Waals surface area (Å²) in [6, 6.07) is 6.18. The third-order valence-corrected chi connectivity index (χ3v) is 6.40. The summed E-state index contributed by atoms with van der Waals surface area (Å²) in [5.41, 5.74) is 1.21. The largest absolute Gasteiger partial charge is 0.335 e. The second-order valence-corrected chi connectivity index (χ2v) is 7.81. The van der Waals surface area contributed by atoms with Gasteiger partial charge in [0.15, 0.2) is 0 Å². The number of thiophene rings is 2. The number of piperazine rings is 1. The van der Waals surface area contributed by atoms with Crippen molar-refractivity contribution in [2.45, 2.75) is 6.54 Å². The van der Waals surface area contributed by atoms with Gasteiger partial charge in [-0.3, -0.25) is 14.4 Å². The Balaban J connectivity index is 1.38. The molecule has 5 nitrogen and oxygen atoms in total. The van der Waals surface area contributed by atoms with E-state index in [2.05, 4.69) is 27.5 Å². The fourth-order valence-electron chi connectivity index (χ4n) is 2.92. The lowest BCUT2D eigenvalue weighted by atomic mass is 10.2. The van der Waals surface area contributed by atoms with Crippen LogP contribution in [0.5, 0.6) is 0 Å². The van der Waals surface area contributed by atoms with Crippen LogP contribution >= 0.6 is 22.7 Å². The molecule has 7 heteroatoms. The monoisotopic (exact) mass is 346 g/mol. The van der Waals surface area contributed by atoms with Crippen LogP contribution in [0.3, 0.4) is 0 Å². The maximum atomic E-state index is 12.7. The molecule has 3 aromatic heterocycles. The van der Waals surface area contributed by atoms with Gasteiger partial charge in [0.1, 0.15) is 0 Å². The van der Waals surface area contributed by atoms with E-state index in [1.54, 1.807) is 22.7 Å². The molecule has 0 spiro atoms. The van der Waals surface area contributed by atoms with Gasteiger partial charge in [-0.25, -0.2) is 0 Å². The van der Waals surface area contributed by atoms with E-state index in [0.717, 1.165) is 37.6 Å². The fourth-order valence-corrected chi connectivity index (χ4v) is 5.00. The molecule has 3 aromatic rings. The average molecular weight is 346 g/mol. The Kier molecular flexibility index (Phi) is 3.92. The molecule has 4 rings (SSSR count). The zero-order valence-corrected chi connectivity index (χ0v) is 14.6. The van der Waals surface area contributed by atoms with Gasteiger partial charge in [-0.2, -0.15) is 5.10 Å². The fraction of sp³-hybridized carbons (Fsp3) is 0.375. The van der Waals surface area contributed by atoms with Crippen LogP contribution in [0.4, 0.5) is 0 Å². The number of nitrogens with zero attached hydrogens (tertiary/aromatic N) is 4. The van der Waals surface area contributed by atoms with E-state index >= 15 is 0 Å². The van der Waals surface area contributed by atoms with E-state index in [0.29, 0.717) is 0 Å². The minimum absolute atomic E-state index is 0.179. The molecular formula is C16H18N4OS2. The number of amides is 1. The highest BCUT2D eigenvalue weighted by Gasteiger charge is 2.24. The predicted octanol–water partition coefficient (Wildman–Crippen LogP) is 2.65. The molecule has 1 aliphatic heterocycles. The van der Waals surface area contributed by atoms with Crippen LogP contribution in [0.25, 0.3) is 9.40 Å². The molecule has 1 saturated heterocycles. The van der Waals surface area contributed by atoms with Crippen LogP contribution in [0.2, 0.25) is 0 Å². The molecule has 4 heterocycles. The predicted molar refractivity (Wildman–Crippen MR) is 94.1 cm³/mol. The van der Waals surface area contributed by atoms with E-state index in [1.165, 1.54) is 15.1 Å². The van der Waals surface area contributed by atoms with Crippen molar-refractivity contribution in [3.63, 3.8) is 0 Å². The second-order valence-electron chi connectivity index (χ2n) is 5.77. The van der Waals surface area contributed by atoms with Gasteiger partial charge in [-0.05, 0) is 23.6 Å². The lowest BCUT2D eigenvalue weighted by Crippen LogP contribution is -2.48. The molecule has 0 bridgehead atoms. The van der Waals surface area contributed by atoms with E-state index in [9.17, 15) is 4.79 Å². The maximum absolute atomic E-state index is 12.7. The van der Waals surface area contributed by atoms with Gasteiger partial charge in [-0.1, -0.05) is 0 Å². The normalized spacial score (nSPS) is 16.3. The molecule has 0 aromatic carbocycles. The zero-order valence-electron chi connectivity index (χ0n) is 12.9. The molecular weight excluding hydrogens is 328 g/mol. The summed E-state index contributed by atoms with van der Waals surface area (Å²) in [6.45, 7) is 4.31. The summed E-state index contributed by atoms with van der Waals surface area (Å²) in [6.07, 6.45) is 1.83. The Bertz CT molecular complexity index is 797. The van der Waals surface area contributed by atoms with Gasteiger partial charge in [0.05, 0.1) is 10.6 Å². The number of fused-ring (bicyclic) bond motifs is 1. The molecule has 1 aliphatic rings. The van der Waals surface area contributed by atoms with Crippen molar-refractivity contribution in [2.24, 2.45) is 7.05 Å². The highest BCUT2D eigenvalue weighted by atomic mass is 32.1. The van der Waals surface area contributed by atoms with Crippen LogP contribution in [0, 0.1) is 0 Å². The highest BCUT2D eigenvalue weighted by molar-refractivity contribution is 7.27. The van der Waals surface area contributed by atoms with Crippen molar-refractivity contribution in [3.8, 4) is 0 Å². The van der Waals surface area contributed by atoms with Crippen LogP contribution in [0.15, 0.2) is 29.8 Å². The average Bonchev–Trinajstić information content (AvgIpc) is 3.24. The molecule has 1 amide bonds. The first-order valence-corrected chi connectivity index (χ1v) is 9.36. The van der Waals surface area contributed by atoms with Crippen LogP contribution in [0.1, 0.15) is 15.4 Å². The molecule has 120 valence electrons. The number of aryl methyl sites for hydroxylation is 1. The van der Waals surface area contributed by atoms with Crippen molar-refractivity contribution in [2.75, 3.05) is 26.2 Å². The van der Waals surface area contributed by atoms with Crippen molar-refractivity contribution in [1.82, 2.24) is 19.6 Å². The number of carbonyl (C=O) groups is 1. The number of rotatable bonds is 3. The van der Waals surface area contributed by atoms with Crippen LogP contribution < -0.4 is 0 Å². The molecule has 0 radical (unpaired) electrons. The van der Waals surface area contributed by atoms with Gasteiger partial charge in [0.2, 0.25) is 0 Å². The molecule has 0 saturated carbocycles. The second kappa shape index (κ2) is 6.07. The molecule has 0 atom stereocenters. The van der Waals surface area contributed by atoms with Gasteiger partial charge >= 0.3 is 0 Å². The Morgan fingerprint density at radius 1 is 1.22 bits per heavy atom. The third kappa shape index (κ3) is 2.91. The summed E-state index contributed by atoms with van der Waals surface area (Å²) in [7, 11) is 1.97. The van der Waals surface area contributed by atoms with Crippen molar-refractivity contribution in [1.29, 1.82) is 0 Å². The Morgan fingerprint density at radius 2 is 2.04 bits per heavy atom. The van der Waals surface area contributed by atoms with Crippen molar-refractivity contribution in [3.05, 3.63) is 40.3 Å². The third-order valence-electron chi connectivity index (χ3n) is 4.32. The Morgan fingerprint density at radius 3 is 2.74 bits per heavy atom. The standard InChI is InChI=1S/C16H18N4OS2/c1-18-12(2-4-17-18)11-19-5-7-20(8-6-19)16(21)15-10-14-13(23-15)3-9-22-14/h2-4,9-10H,5-8,11H2,1H3. The zero-order chi connectivity index (χ0) is 15.8. The van der Waals surface area contributed by atoms with Gasteiger partial charge in [0, 0.05) is 55.4 Å². The summed E-state index contributed by atoms with van der Waals surface area (Å²) in [4.78, 5) is 17.9. The summed E-state index contributed by atoms with van der Waals surface area (Å²) < 4.78 is 4.34. The van der Waals surface area contributed by atoms with Gasteiger partial charge in [-0.15, -0.1) is 22.7 Å². The number of carbonyl (C=O) groups excluding carboxylic acids is 1. The number of hydrogen-bond acceptors (Lipinski definition) is 5. The smallest absolute Gasteiger partial charge is 0.264 e. The minimum atomic E-state index is 0.179. The van der Waals surface area contributed by atoms with E-state index in [-0.39, 0.29) is 5.91 Å². The van der Waals surface area contributed by atoms with Gasteiger partial charge in [0.25, 0.3) is 5.91 Å². The molecule has 23 heavy (non-hydrogen) atoms. The SMILES string of the molecule is Cn1nccc1CN1CCN(C(=O)c2cc3sccc3s2)CC1. The Labute approximate surface area is 142 Å². The first kappa shape index (κ1) is 14.9. The lowest BCUT2D eigenvalue weighted by molar-refractivity contribution is 0.0630. The summed E-state index contributed by atoms with van der Waals surface area (Å²) in [5, 5.41) is 6.28. The van der Waals surface area contributed by atoms with Crippen molar-refractivity contribution >= 4 is 38.0 Å². The highest BCUT2D eigenvalue weighted by Crippen LogP contribution is 2.30. The summed E-state index contributed by atoms with van der Waals surface area (Å²) in [5.74, 6) is 0.179. The summed E-state index contributed by atoms with van der Waals surface area (Å²) >= 11 is 3.31. The van der Waals surface area contributed by atoms with E-state index in [4.69, 9.17) is 0 Å². The lowest BCUT2D eigenvalue weighted by Gasteiger charge is -2.34. The number of aromatic nitrogens is 2. The van der Waals surface area contributed by atoms with E-state index < -0.39 is 0 Å². The first-order valence-electron chi connectivity index (χ1n) is 7.66. The van der Waals surface area contributed by atoms with Crippen LogP contribution in [-0.4, -0.2) is 51.7 Å². The first-order chi connectivity index (χ1) is 11.2. The minimum Gasteiger partial charge on any atom is -0.335 e. The van der Waals surface area contributed by atoms with Crippen LogP contribution in [-0.2, 0) is 13.6 Å². The molecule has 0 unspecified atom stereocenters. The molecule has 0 N–H and O–H groups in total. The Hall–Kier alpha value is -1.70. The maximum Gasteiger partial charge on any atom is 0.264 e. The quantitative estimate of drug-likeness (QED) is 0.732. The van der Waals surface area contributed by atoms with Gasteiger partial charge < -0.3 is 4.90 Å². The molecule has 0 aliphatic carbocycles. The van der Waals surface area contributed by atoms with E-state index in [1.807, 2.05) is 28.9 Å². The molecule has 1 fully saturated rings. The topological polar surface area (TPSA) is 41.4 Å².